The first-order chi connectivity index (χ1) is 18.0. The van der Waals surface area contributed by atoms with E-state index in [0.717, 1.165) is 43.2 Å². The zero-order valence-corrected chi connectivity index (χ0v) is 21.7. The number of halogens is 2. The molecule has 0 bridgehead atoms. The lowest BCUT2D eigenvalue weighted by Gasteiger charge is -2.29. The fourth-order valence-electron chi connectivity index (χ4n) is 4.68. The Morgan fingerprint density at radius 3 is 2.51 bits per heavy atom. The SMILES string of the molecule is O=C(NCc1ccc2c(c1)OCO2)c1cc(CN(Cc2ccc(Cl)c(Cl)c2)C(=O)C2CCCCC2)on1. The van der Waals surface area contributed by atoms with Gasteiger partial charge in [-0.15, -0.1) is 0 Å². The molecule has 1 saturated carbocycles. The standard InChI is InChI=1S/C27H27Cl2N3O5/c28-21-8-6-18(10-22(21)29)14-32(27(34)19-4-2-1-3-5-19)15-20-12-23(31-37-20)26(33)30-13-17-7-9-24-25(11-17)36-16-35-24/h6-12,19H,1-5,13-16H2,(H,30,33). The predicted molar refractivity (Wildman–Crippen MR) is 138 cm³/mol. The zero-order valence-electron chi connectivity index (χ0n) is 20.2. The summed E-state index contributed by atoms with van der Waals surface area (Å²) >= 11 is 12.3. The summed E-state index contributed by atoms with van der Waals surface area (Å²) in [6.07, 6.45) is 5.00. The van der Waals surface area contributed by atoms with Gasteiger partial charge in [-0.1, -0.05) is 59.8 Å². The third-order valence-corrected chi connectivity index (χ3v) is 7.39. The second-order valence-electron chi connectivity index (χ2n) is 9.33. The molecule has 2 heterocycles. The molecule has 37 heavy (non-hydrogen) atoms. The number of hydrogen-bond acceptors (Lipinski definition) is 6. The van der Waals surface area contributed by atoms with E-state index in [9.17, 15) is 9.59 Å². The van der Waals surface area contributed by atoms with Gasteiger partial charge in [0.25, 0.3) is 5.91 Å². The van der Waals surface area contributed by atoms with Crippen molar-refractivity contribution in [2.24, 2.45) is 5.92 Å². The van der Waals surface area contributed by atoms with Crippen LogP contribution in [0, 0.1) is 5.92 Å². The third kappa shape index (κ3) is 6.19. The number of rotatable bonds is 8. The number of carbonyl (C=O) groups excluding carboxylic acids is 2. The van der Waals surface area contributed by atoms with Crippen molar-refractivity contribution in [1.82, 2.24) is 15.4 Å². The molecule has 2 aliphatic rings. The molecular weight excluding hydrogens is 517 g/mol. The molecule has 10 heteroatoms. The lowest BCUT2D eigenvalue weighted by molar-refractivity contribution is -0.138. The van der Waals surface area contributed by atoms with E-state index >= 15 is 0 Å². The van der Waals surface area contributed by atoms with Gasteiger partial charge in [0.1, 0.15) is 0 Å². The van der Waals surface area contributed by atoms with E-state index in [1.807, 2.05) is 24.3 Å². The van der Waals surface area contributed by atoms with Crippen molar-refractivity contribution in [3.05, 3.63) is 75.1 Å². The Bertz CT molecular complexity index is 1290. The molecule has 1 fully saturated rings. The van der Waals surface area contributed by atoms with Gasteiger partial charge in [0.2, 0.25) is 12.7 Å². The van der Waals surface area contributed by atoms with Crippen LogP contribution in [0.4, 0.5) is 0 Å². The number of nitrogens with zero attached hydrogens (tertiary/aromatic N) is 2. The van der Waals surface area contributed by atoms with E-state index in [1.54, 1.807) is 23.1 Å². The molecule has 194 valence electrons. The molecule has 2 amide bonds. The minimum atomic E-state index is -0.373. The second-order valence-corrected chi connectivity index (χ2v) is 10.1. The first-order valence-electron chi connectivity index (χ1n) is 12.3. The van der Waals surface area contributed by atoms with E-state index < -0.39 is 0 Å². The number of hydrogen-bond donors (Lipinski definition) is 1. The predicted octanol–water partition coefficient (Wildman–Crippen LogP) is 5.75. The summed E-state index contributed by atoms with van der Waals surface area (Å²) in [5, 5.41) is 7.66. The highest BCUT2D eigenvalue weighted by Crippen LogP contribution is 2.32. The number of ether oxygens (including phenoxy) is 2. The molecule has 0 spiro atoms. The Morgan fingerprint density at radius 1 is 0.919 bits per heavy atom. The Balaban J connectivity index is 1.25. The third-order valence-electron chi connectivity index (χ3n) is 6.65. The summed E-state index contributed by atoms with van der Waals surface area (Å²) in [7, 11) is 0. The van der Waals surface area contributed by atoms with Crippen molar-refractivity contribution in [2.45, 2.75) is 51.7 Å². The van der Waals surface area contributed by atoms with Crippen LogP contribution >= 0.6 is 23.2 Å². The summed E-state index contributed by atoms with van der Waals surface area (Å²) < 4.78 is 16.2. The average molecular weight is 544 g/mol. The summed E-state index contributed by atoms with van der Waals surface area (Å²) in [6, 6.07) is 12.4. The molecule has 1 aliphatic carbocycles. The first kappa shape index (κ1) is 25.4. The van der Waals surface area contributed by atoms with Gasteiger partial charge in [0.05, 0.1) is 16.6 Å². The van der Waals surface area contributed by atoms with Gasteiger partial charge < -0.3 is 24.2 Å². The number of nitrogens with one attached hydrogen (secondary N) is 1. The van der Waals surface area contributed by atoms with Crippen molar-refractivity contribution < 1.29 is 23.6 Å². The molecule has 0 unspecified atom stereocenters. The Hall–Kier alpha value is -3.23. The van der Waals surface area contributed by atoms with Gasteiger partial charge in [-0.3, -0.25) is 9.59 Å². The number of benzene rings is 2. The Labute approximate surface area is 224 Å². The fourth-order valence-corrected chi connectivity index (χ4v) is 5.00. The lowest BCUT2D eigenvalue weighted by atomic mass is 9.88. The highest BCUT2D eigenvalue weighted by atomic mass is 35.5. The van der Waals surface area contributed by atoms with E-state index in [4.69, 9.17) is 37.2 Å². The van der Waals surface area contributed by atoms with Crippen LogP contribution < -0.4 is 14.8 Å². The monoisotopic (exact) mass is 543 g/mol. The van der Waals surface area contributed by atoms with Crippen LogP contribution in [-0.2, 0) is 24.4 Å². The van der Waals surface area contributed by atoms with E-state index in [2.05, 4.69) is 10.5 Å². The highest BCUT2D eigenvalue weighted by Gasteiger charge is 2.27. The van der Waals surface area contributed by atoms with E-state index in [-0.39, 0.29) is 36.8 Å². The topological polar surface area (TPSA) is 93.9 Å². The molecule has 5 rings (SSSR count). The average Bonchev–Trinajstić information content (AvgIpc) is 3.58. The van der Waals surface area contributed by atoms with Crippen LogP contribution in [0.3, 0.4) is 0 Å². The molecular formula is C27H27Cl2N3O5. The highest BCUT2D eigenvalue weighted by molar-refractivity contribution is 6.42. The summed E-state index contributed by atoms with van der Waals surface area (Å²) in [5.74, 6) is 1.43. The lowest BCUT2D eigenvalue weighted by Crippen LogP contribution is -2.36. The van der Waals surface area contributed by atoms with Crippen LogP contribution in [-0.4, -0.2) is 28.7 Å². The molecule has 0 atom stereocenters. The molecule has 3 aromatic rings. The zero-order chi connectivity index (χ0) is 25.8. The van der Waals surface area contributed by atoms with Crippen LogP contribution in [0.15, 0.2) is 47.0 Å². The van der Waals surface area contributed by atoms with Crippen molar-refractivity contribution >= 4 is 35.0 Å². The Kier molecular flexibility index (Phi) is 7.86. The largest absolute Gasteiger partial charge is 0.454 e. The number of fused-ring (bicyclic) bond motifs is 1. The van der Waals surface area contributed by atoms with Crippen LogP contribution in [0.1, 0.15) is 59.5 Å². The smallest absolute Gasteiger partial charge is 0.273 e. The summed E-state index contributed by atoms with van der Waals surface area (Å²) in [5.41, 5.74) is 1.88. The molecule has 2 aromatic carbocycles. The van der Waals surface area contributed by atoms with Crippen LogP contribution in [0.2, 0.25) is 10.0 Å². The molecule has 1 N–H and O–H groups in total. The summed E-state index contributed by atoms with van der Waals surface area (Å²) in [6.45, 7) is 1.02. The van der Waals surface area contributed by atoms with Crippen LogP contribution in [0.5, 0.6) is 11.5 Å². The fraction of sp³-hybridized carbons (Fsp3) is 0.370. The molecule has 0 radical (unpaired) electrons. The molecule has 0 saturated heterocycles. The van der Waals surface area contributed by atoms with Gasteiger partial charge in [-0.25, -0.2) is 0 Å². The minimum Gasteiger partial charge on any atom is -0.454 e. The van der Waals surface area contributed by atoms with Gasteiger partial charge >= 0.3 is 0 Å². The molecule has 8 nitrogen and oxygen atoms in total. The van der Waals surface area contributed by atoms with Gasteiger partial charge in [0.15, 0.2) is 23.0 Å². The van der Waals surface area contributed by atoms with Gasteiger partial charge in [-0.2, -0.15) is 0 Å². The van der Waals surface area contributed by atoms with E-state index in [0.29, 0.717) is 40.4 Å². The van der Waals surface area contributed by atoms with Gasteiger partial charge in [-0.05, 0) is 48.2 Å². The number of aromatic nitrogens is 1. The number of carbonyl (C=O) groups is 2. The molecule has 1 aliphatic heterocycles. The van der Waals surface area contributed by atoms with Crippen molar-refractivity contribution in [3.8, 4) is 11.5 Å². The number of amides is 2. The van der Waals surface area contributed by atoms with Crippen molar-refractivity contribution in [3.63, 3.8) is 0 Å². The van der Waals surface area contributed by atoms with Crippen molar-refractivity contribution in [2.75, 3.05) is 6.79 Å². The maximum Gasteiger partial charge on any atom is 0.273 e. The quantitative estimate of drug-likeness (QED) is 0.388. The minimum absolute atomic E-state index is 0.0242. The Morgan fingerprint density at radius 2 is 1.70 bits per heavy atom. The second kappa shape index (κ2) is 11.4. The summed E-state index contributed by atoms with van der Waals surface area (Å²) in [4.78, 5) is 27.9. The maximum atomic E-state index is 13.4. The maximum absolute atomic E-state index is 13.4. The van der Waals surface area contributed by atoms with Gasteiger partial charge in [0, 0.05) is 25.1 Å². The normalized spacial score (nSPS) is 15.0. The first-order valence-corrected chi connectivity index (χ1v) is 13.1. The van der Waals surface area contributed by atoms with E-state index in [1.165, 1.54) is 0 Å². The van der Waals surface area contributed by atoms with Crippen LogP contribution in [0.25, 0.3) is 0 Å². The molecule has 1 aromatic heterocycles. The van der Waals surface area contributed by atoms with Crippen molar-refractivity contribution in [1.29, 1.82) is 0 Å².